The molecule has 0 fully saturated rings. The van der Waals surface area contributed by atoms with Crippen LogP contribution in [0.1, 0.15) is 89.0 Å². The number of ether oxygens (including phenoxy) is 2. The smallest absolute Gasteiger partial charge is 0.305 e. The summed E-state index contributed by atoms with van der Waals surface area (Å²) in [6.45, 7) is 11.3. The Balaban J connectivity index is 2.45. The molecule has 2 amide bonds. The lowest BCUT2D eigenvalue weighted by Gasteiger charge is -2.24. The van der Waals surface area contributed by atoms with Crippen molar-refractivity contribution >= 4 is 58.0 Å². The van der Waals surface area contributed by atoms with E-state index in [0.29, 0.717) is 85.5 Å². The molecule has 0 aliphatic carbocycles. The first-order valence-electron chi connectivity index (χ1n) is 15.6. The molecular formula is C32H46N8O6S2. The monoisotopic (exact) mass is 702 g/mol. The van der Waals surface area contributed by atoms with Gasteiger partial charge >= 0.3 is 11.9 Å². The predicted octanol–water partition coefficient (Wildman–Crippen LogP) is 4.98. The second-order valence-corrected chi connectivity index (χ2v) is 13.1. The van der Waals surface area contributed by atoms with Crippen molar-refractivity contribution in [2.24, 2.45) is 0 Å². The Labute approximate surface area is 289 Å². The number of aryl methyl sites for hydroxylation is 2. The van der Waals surface area contributed by atoms with Gasteiger partial charge in [-0.25, -0.2) is 19.9 Å². The number of amides is 2. The van der Waals surface area contributed by atoms with Gasteiger partial charge in [0.25, 0.3) is 0 Å². The number of rotatable bonds is 21. The number of carbonyl (C=O) groups excluding carboxylic acids is 4. The molecule has 0 aromatic carbocycles. The van der Waals surface area contributed by atoms with Crippen LogP contribution in [0.15, 0.2) is 33.6 Å². The van der Waals surface area contributed by atoms with Crippen molar-refractivity contribution in [2.75, 3.05) is 24.7 Å². The van der Waals surface area contributed by atoms with E-state index in [1.807, 2.05) is 13.8 Å². The number of nitrogen functional groups attached to an aromatic ring is 2. The van der Waals surface area contributed by atoms with E-state index in [9.17, 15) is 19.2 Å². The topological polar surface area (TPSA) is 197 Å². The van der Waals surface area contributed by atoms with Gasteiger partial charge in [-0.05, 0) is 40.5 Å². The molecule has 0 aliphatic heterocycles. The number of aromatic nitrogens is 4. The highest BCUT2D eigenvalue weighted by Gasteiger charge is 2.19. The minimum Gasteiger partial charge on any atom is -0.465 e. The molecule has 48 heavy (non-hydrogen) atoms. The normalized spacial score (nSPS) is 12.0. The van der Waals surface area contributed by atoms with Gasteiger partial charge in [0.15, 0.2) is 0 Å². The van der Waals surface area contributed by atoms with Crippen LogP contribution in [0.5, 0.6) is 0 Å². The number of allylic oxidation sites excluding steroid dienone is 2. The van der Waals surface area contributed by atoms with E-state index in [1.165, 1.54) is 31.4 Å². The van der Waals surface area contributed by atoms with E-state index in [2.05, 4.69) is 19.9 Å². The van der Waals surface area contributed by atoms with Gasteiger partial charge < -0.3 is 30.7 Å². The second-order valence-electron chi connectivity index (χ2n) is 10.7. The van der Waals surface area contributed by atoms with Crippen LogP contribution in [0.25, 0.3) is 0 Å². The van der Waals surface area contributed by atoms with Crippen LogP contribution in [-0.4, -0.2) is 67.7 Å². The summed E-state index contributed by atoms with van der Waals surface area (Å²) < 4.78 is 10.9. The molecule has 2 rings (SSSR count). The maximum absolute atomic E-state index is 12.3. The molecule has 16 heteroatoms. The van der Waals surface area contributed by atoms with Crippen LogP contribution < -0.4 is 11.5 Å². The van der Waals surface area contributed by atoms with Crippen molar-refractivity contribution < 1.29 is 28.7 Å². The minimum atomic E-state index is -0.310. The molecule has 0 unspecified atom stereocenters. The van der Waals surface area contributed by atoms with Crippen LogP contribution in [-0.2, 0) is 41.7 Å². The summed E-state index contributed by atoms with van der Waals surface area (Å²) in [5, 5.41) is 0. The molecule has 0 bridgehead atoms. The first kappa shape index (κ1) is 40.0. The summed E-state index contributed by atoms with van der Waals surface area (Å²) >= 11 is 0. The highest BCUT2D eigenvalue weighted by Crippen LogP contribution is 2.43. The third kappa shape index (κ3) is 13.1. The number of nitrogens with two attached hydrogens (primary N) is 2. The zero-order chi connectivity index (χ0) is 35.6. The highest BCUT2D eigenvalue weighted by atomic mass is 33.1. The SMILES string of the molecule is CCCC(=O)OCC/C(SS/C(CCOC(=O)CCC)=C(\C)N(C=O)Cc1cnc(C)nc1N)=C(\C)N(C=O)Cc1cnc(C)nc1N. The van der Waals surface area contributed by atoms with Crippen molar-refractivity contribution in [1.29, 1.82) is 0 Å². The summed E-state index contributed by atoms with van der Waals surface area (Å²) in [6.07, 6.45) is 7.11. The van der Waals surface area contributed by atoms with Gasteiger partial charge in [0, 0.05) is 70.4 Å². The number of hydrogen-bond donors (Lipinski definition) is 2. The van der Waals surface area contributed by atoms with Gasteiger partial charge in [0.2, 0.25) is 12.8 Å². The fourth-order valence-corrected chi connectivity index (χ4v) is 7.00. The van der Waals surface area contributed by atoms with Crippen LogP contribution in [0.4, 0.5) is 11.6 Å². The van der Waals surface area contributed by atoms with Gasteiger partial charge in [-0.15, -0.1) is 0 Å². The van der Waals surface area contributed by atoms with Crippen LogP contribution in [0.3, 0.4) is 0 Å². The van der Waals surface area contributed by atoms with E-state index >= 15 is 0 Å². The lowest BCUT2D eigenvalue weighted by Crippen LogP contribution is -2.22. The fraction of sp³-hybridized carbons (Fsp3) is 0.500. The molecule has 2 aromatic heterocycles. The Morgan fingerprint density at radius 3 is 1.42 bits per heavy atom. The number of nitrogens with zero attached hydrogens (tertiary/aromatic N) is 6. The quantitative estimate of drug-likeness (QED) is 0.100. The largest absolute Gasteiger partial charge is 0.465 e. The Bertz CT molecular complexity index is 1380. The number of hydrogen-bond acceptors (Lipinski definition) is 14. The van der Waals surface area contributed by atoms with Crippen molar-refractivity contribution in [3.8, 4) is 0 Å². The predicted molar refractivity (Wildman–Crippen MR) is 187 cm³/mol. The molecular weight excluding hydrogens is 657 g/mol. The molecule has 262 valence electrons. The molecule has 0 saturated heterocycles. The molecule has 0 radical (unpaired) electrons. The fourth-order valence-electron chi connectivity index (χ4n) is 4.16. The molecule has 0 aliphatic rings. The van der Waals surface area contributed by atoms with Crippen LogP contribution in [0.2, 0.25) is 0 Å². The molecule has 2 heterocycles. The maximum atomic E-state index is 12.3. The van der Waals surface area contributed by atoms with E-state index < -0.39 is 0 Å². The van der Waals surface area contributed by atoms with Crippen molar-refractivity contribution in [2.45, 2.75) is 93.2 Å². The Kier molecular flexibility index (Phi) is 17.4. The van der Waals surface area contributed by atoms with Gasteiger partial charge in [0.1, 0.15) is 23.3 Å². The Morgan fingerprint density at radius 1 is 0.729 bits per heavy atom. The summed E-state index contributed by atoms with van der Waals surface area (Å²) in [5.74, 6) is 0.947. The Morgan fingerprint density at radius 2 is 1.10 bits per heavy atom. The zero-order valence-corrected chi connectivity index (χ0v) is 30.1. The van der Waals surface area contributed by atoms with Gasteiger partial charge in [-0.1, -0.05) is 35.4 Å². The maximum Gasteiger partial charge on any atom is 0.305 e. The zero-order valence-electron chi connectivity index (χ0n) is 28.5. The molecule has 0 atom stereocenters. The number of anilines is 2. The molecule has 14 nitrogen and oxygen atoms in total. The first-order valence-corrected chi connectivity index (χ1v) is 17.7. The van der Waals surface area contributed by atoms with Gasteiger partial charge in [-0.3, -0.25) is 19.2 Å². The molecule has 4 N–H and O–H groups in total. The standard InChI is InChI=1S/C32H46N8O6S2/c1-7-9-29(43)45-13-11-27(21(3)39(19-41)17-25-15-35-23(5)37-31(25)33)47-48-28(12-14-46-30(44)10-8-2)22(4)40(20-42)18-26-16-36-24(6)38-32(26)34/h15-16,19-20H,7-14,17-18H2,1-6H3,(H2,33,35,37)(H2,34,36,38)/b27-21-,28-22+. The Hall–Kier alpha value is -4.18. The summed E-state index contributed by atoms with van der Waals surface area (Å²) in [7, 11) is 2.70. The van der Waals surface area contributed by atoms with Crippen molar-refractivity contribution in [3.05, 3.63) is 56.4 Å². The van der Waals surface area contributed by atoms with E-state index in [1.54, 1.807) is 40.1 Å². The lowest BCUT2D eigenvalue weighted by molar-refractivity contribution is -0.144. The molecule has 0 spiro atoms. The second kappa shape index (κ2) is 20.9. The molecule has 2 aromatic rings. The summed E-state index contributed by atoms with van der Waals surface area (Å²) in [5.41, 5.74) is 14.6. The van der Waals surface area contributed by atoms with Gasteiger partial charge in [0.05, 0.1) is 26.3 Å². The molecule has 0 saturated carbocycles. The summed E-state index contributed by atoms with van der Waals surface area (Å²) in [4.78, 5) is 70.2. The first-order chi connectivity index (χ1) is 22.9. The van der Waals surface area contributed by atoms with Crippen molar-refractivity contribution in [3.63, 3.8) is 0 Å². The van der Waals surface area contributed by atoms with E-state index in [4.69, 9.17) is 20.9 Å². The lowest BCUT2D eigenvalue weighted by atomic mass is 10.2. The van der Waals surface area contributed by atoms with Crippen LogP contribution in [0, 0.1) is 13.8 Å². The number of carbonyl (C=O) groups is 4. The van der Waals surface area contributed by atoms with E-state index in [0.717, 1.165) is 9.81 Å². The third-order valence-electron chi connectivity index (χ3n) is 6.98. The average molecular weight is 703 g/mol. The third-order valence-corrected chi connectivity index (χ3v) is 9.92. The van der Waals surface area contributed by atoms with Gasteiger partial charge in [-0.2, -0.15) is 0 Å². The summed E-state index contributed by atoms with van der Waals surface area (Å²) in [6, 6.07) is 0. The van der Waals surface area contributed by atoms with E-state index in [-0.39, 0.29) is 49.9 Å². The average Bonchev–Trinajstić information content (AvgIpc) is 3.04. The highest BCUT2D eigenvalue weighted by molar-refractivity contribution is 8.79. The van der Waals surface area contributed by atoms with Crippen LogP contribution >= 0.6 is 21.6 Å². The van der Waals surface area contributed by atoms with Crippen molar-refractivity contribution in [1.82, 2.24) is 29.7 Å². The minimum absolute atomic E-state index is 0.0986. The number of esters is 2.